The van der Waals surface area contributed by atoms with E-state index < -0.39 is 0 Å². The quantitative estimate of drug-likeness (QED) is 0.825. The lowest BCUT2D eigenvalue weighted by Gasteiger charge is -2.20. The number of nitrogens with two attached hydrogens (primary N) is 1. The first kappa shape index (κ1) is 10.5. The van der Waals surface area contributed by atoms with Gasteiger partial charge in [0.15, 0.2) is 0 Å². The Bertz CT molecular complexity index is 316. The number of ether oxygens (including phenoxy) is 1. The maximum absolute atomic E-state index is 6.08. The van der Waals surface area contributed by atoms with Crippen LogP contribution in [0.4, 0.5) is 5.82 Å². The van der Waals surface area contributed by atoms with E-state index in [9.17, 15) is 0 Å². The molecule has 4 heteroatoms. The second-order valence-electron chi connectivity index (χ2n) is 4.10. The van der Waals surface area contributed by atoms with Gasteiger partial charge in [-0.3, -0.25) is 0 Å². The minimum atomic E-state index is 0.497. The van der Waals surface area contributed by atoms with Crippen molar-refractivity contribution in [1.29, 1.82) is 0 Å². The van der Waals surface area contributed by atoms with E-state index in [-0.39, 0.29) is 0 Å². The largest absolute Gasteiger partial charge is 0.384 e. The van der Waals surface area contributed by atoms with Gasteiger partial charge in [-0.05, 0) is 19.3 Å². The van der Waals surface area contributed by atoms with E-state index in [1.54, 1.807) is 0 Å². The molecule has 0 spiro atoms. The highest BCUT2D eigenvalue weighted by molar-refractivity contribution is 5.38. The molecule has 1 aliphatic heterocycles. The number of hydrogen-bond donors (Lipinski definition) is 1. The minimum absolute atomic E-state index is 0.497. The molecule has 0 aliphatic carbocycles. The summed E-state index contributed by atoms with van der Waals surface area (Å²) in [6.45, 7) is 4.78. The average Bonchev–Trinajstić information content (AvgIpc) is 2.63. The number of aryl methyl sites for hydroxylation is 1. The normalized spacial score (nSPS) is 18.2. The van der Waals surface area contributed by atoms with Crippen LogP contribution in [0.5, 0.6) is 0 Å². The Morgan fingerprint density at radius 3 is 2.93 bits per heavy atom. The number of nitrogen functional groups attached to an aromatic ring is 1. The van der Waals surface area contributed by atoms with Crippen LogP contribution in [-0.2, 0) is 11.3 Å². The molecule has 0 unspecified atom stereocenters. The van der Waals surface area contributed by atoms with Crippen molar-refractivity contribution in [3.8, 4) is 0 Å². The molecule has 1 aromatic rings. The minimum Gasteiger partial charge on any atom is -0.384 e. The third kappa shape index (κ3) is 2.15. The molecule has 0 aromatic carbocycles. The van der Waals surface area contributed by atoms with Crippen LogP contribution in [0.25, 0.3) is 0 Å². The predicted molar refractivity (Wildman–Crippen MR) is 59.7 cm³/mol. The van der Waals surface area contributed by atoms with Crippen molar-refractivity contribution in [3.63, 3.8) is 0 Å². The van der Waals surface area contributed by atoms with Gasteiger partial charge in [0, 0.05) is 25.7 Å². The van der Waals surface area contributed by atoms with Crippen molar-refractivity contribution in [2.45, 2.75) is 38.6 Å². The molecule has 0 atom stereocenters. The summed E-state index contributed by atoms with van der Waals surface area (Å²) in [5.74, 6) is 1.35. The first-order chi connectivity index (χ1) is 7.33. The maximum atomic E-state index is 6.08. The van der Waals surface area contributed by atoms with E-state index in [0.717, 1.165) is 50.5 Å². The van der Waals surface area contributed by atoms with Crippen molar-refractivity contribution < 1.29 is 4.74 Å². The summed E-state index contributed by atoms with van der Waals surface area (Å²) in [4.78, 5) is 4.44. The molecule has 1 fully saturated rings. The molecule has 0 bridgehead atoms. The van der Waals surface area contributed by atoms with Gasteiger partial charge in [0.05, 0.1) is 12.0 Å². The summed E-state index contributed by atoms with van der Waals surface area (Å²) in [5, 5.41) is 0. The van der Waals surface area contributed by atoms with Crippen LogP contribution >= 0.6 is 0 Å². The van der Waals surface area contributed by atoms with Crippen LogP contribution in [0.3, 0.4) is 0 Å². The zero-order chi connectivity index (χ0) is 10.7. The molecule has 84 valence electrons. The molecule has 2 rings (SSSR count). The standard InChI is InChI=1S/C11H19N3O/c1-2-5-14-8-13-10(11(14)12)9-3-6-15-7-4-9/h8-9H,2-7,12H2,1H3. The van der Waals surface area contributed by atoms with Gasteiger partial charge in [-0.25, -0.2) is 4.98 Å². The van der Waals surface area contributed by atoms with Gasteiger partial charge in [-0.2, -0.15) is 0 Å². The number of hydrogen-bond acceptors (Lipinski definition) is 3. The molecule has 15 heavy (non-hydrogen) atoms. The number of imidazole rings is 1. The molecule has 0 radical (unpaired) electrons. The fourth-order valence-corrected chi connectivity index (χ4v) is 2.11. The third-order valence-electron chi connectivity index (χ3n) is 2.98. The monoisotopic (exact) mass is 209 g/mol. The van der Waals surface area contributed by atoms with E-state index in [0.29, 0.717) is 5.92 Å². The fraction of sp³-hybridized carbons (Fsp3) is 0.727. The highest BCUT2D eigenvalue weighted by Crippen LogP contribution is 2.29. The van der Waals surface area contributed by atoms with Crippen molar-refractivity contribution >= 4 is 5.82 Å². The Hall–Kier alpha value is -1.03. The van der Waals surface area contributed by atoms with Crippen LogP contribution in [0.1, 0.15) is 37.8 Å². The Morgan fingerprint density at radius 2 is 2.27 bits per heavy atom. The van der Waals surface area contributed by atoms with Crippen LogP contribution in [-0.4, -0.2) is 22.8 Å². The summed E-state index contributed by atoms with van der Waals surface area (Å²) >= 11 is 0. The Balaban J connectivity index is 2.13. The molecular weight excluding hydrogens is 190 g/mol. The molecule has 0 saturated carbocycles. The summed E-state index contributed by atoms with van der Waals surface area (Å²) in [5.41, 5.74) is 7.16. The SMILES string of the molecule is CCCn1cnc(C2CCOCC2)c1N. The van der Waals surface area contributed by atoms with Gasteiger partial charge < -0.3 is 15.0 Å². The third-order valence-corrected chi connectivity index (χ3v) is 2.98. The lowest BCUT2D eigenvalue weighted by atomic mass is 9.96. The van der Waals surface area contributed by atoms with Crippen LogP contribution in [0.2, 0.25) is 0 Å². The van der Waals surface area contributed by atoms with Gasteiger partial charge in [0.2, 0.25) is 0 Å². The first-order valence-corrected chi connectivity index (χ1v) is 5.71. The topological polar surface area (TPSA) is 53.1 Å². The Kier molecular flexibility index (Phi) is 3.26. The van der Waals surface area contributed by atoms with Crippen molar-refractivity contribution in [3.05, 3.63) is 12.0 Å². The Morgan fingerprint density at radius 1 is 1.53 bits per heavy atom. The van der Waals surface area contributed by atoms with Crippen LogP contribution in [0.15, 0.2) is 6.33 Å². The second kappa shape index (κ2) is 4.66. The molecule has 1 aliphatic rings. The molecule has 0 amide bonds. The zero-order valence-corrected chi connectivity index (χ0v) is 9.28. The number of rotatable bonds is 3. The van der Waals surface area contributed by atoms with Crippen molar-refractivity contribution in [2.24, 2.45) is 0 Å². The van der Waals surface area contributed by atoms with Gasteiger partial charge in [-0.15, -0.1) is 0 Å². The second-order valence-corrected chi connectivity index (χ2v) is 4.10. The molecule has 2 N–H and O–H groups in total. The van der Waals surface area contributed by atoms with E-state index in [4.69, 9.17) is 10.5 Å². The zero-order valence-electron chi connectivity index (χ0n) is 9.28. The highest BCUT2D eigenvalue weighted by atomic mass is 16.5. The van der Waals surface area contributed by atoms with E-state index in [1.807, 2.05) is 10.9 Å². The molecule has 1 aromatic heterocycles. The van der Waals surface area contributed by atoms with Gasteiger partial charge in [0.1, 0.15) is 5.82 Å². The van der Waals surface area contributed by atoms with E-state index in [2.05, 4.69) is 11.9 Å². The number of aromatic nitrogens is 2. The maximum Gasteiger partial charge on any atom is 0.126 e. The highest BCUT2D eigenvalue weighted by Gasteiger charge is 2.21. The Labute approximate surface area is 90.4 Å². The van der Waals surface area contributed by atoms with Crippen LogP contribution in [0, 0.1) is 0 Å². The lowest BCUT2D eigenvalue weighted by Crippen LogP contribution is -2.16. The van der Waals surface area contributed by atoms with E-state index in [1.165, 1.54) is 0 Å². The first-order valence-electron chi connectivity index (χ1n) is 5.71. The molecule has 1 saturated heterocycles. The summed E-state index contributed by atoms with van der Waals surface area (Å²) in [6, 6.07) is 0. The van der Waals surface area contributed by atoms with Gasteiger partial charge >= 0.3 is 0 Å². The van der Waals surface area contributed by atoms with Gasteiger partial charge in [0.25, 0.3) is 0 Å². The van der Waals surface area contributed by atoms with Gasteiger partial charge in [-0.1, -0.05) is 6.92 Å². The van der Waals surface area contributed by atoms with Crippen molar-refractivity contribution in [2.75, 3.05) is 18.9 Å². The molecule has 2 heterocycles. The summed E-state index contributed by atoms with van der Waals surface area (Å²) in [7, 11) is 0. The lowest BCUT2D eigenvalue weighted by molar-refractivity contribution is 0.0847. The fourth-order valence-electron chi connectivity index (χ4n) is 2.11. The summed E-state index contributed by atoms with van der Waals surface area (Å²) < 4.78 is 7.39. The van der Waals surface area contributed by atoms with E-state index >= 15 is 0 Å². The molecule has 4 nitrogen and oxygen atoms in total. The summed E-state index contributed by atoms with van der Waals surface area (Å²) in [6.07, 6.45) is 5.05. The number of anilines is 1. The van der Waals surface area contributed by atoms with Crippen LogP contribution < -0.4 is 5.73 Å². The molecular formula is C11H19N3O. The average molecular weight is 209 g/mol. The smallest absolute Gasteiger partial charge is 0.126 e. The van der Waals surface area contributed by atoms with Crippen molar-refractivity contribution in [1.82, 2.24) is 9.55 Å². The predicted octanol–water partition coefficient (Wildman–Crippen LogP) is 1.77. The number of nitrogens with zero attached hydrogens (tertiary/aromatic N) is 2.